The quantitative estimate of drug-likeness (QED) is 0.185. The first-order chi connectivity index (χ1) is 15.3. The molecule has 1 aromatic heterocycles. The van der Waals surface area contributed by atoms with E-state index in [9.17, 15) is 18.4 Å². The van der Waals surface area contributed by atoms with Gasteiger partial charge in [0.25, 0.3) is 15.9 Å². The molecule has 166 valence electrons. The molecule has 2 N–H and O–H groups in total. The second-order valence-corrected chi connectivity index (χ2v) is 8.65. The van der Waals surface area contributed by atoms with Crippen molar-refractivity contribution in [2.75, 3.05) is 18.5 Å². The molecule has 0 saturated heterocycles. The third kappa shape index (κ3) is 4.88. The van der Waals surface area contributed by atoms with E-state index in [2.05, 4.69) is 0 Å². The maximum absolute atomic E-state index is 13.1. The van der Waals surface area contributed by atoms with Crippen molar-refractivity contribution >= 4 is 27.2 Å². The summed E-state index contributed by atoms with van der Waals surface area (Å²) < 4.78 is 33.0. The number of hydrogen-bond donors (Lipinski definition) is 2. The number of nitrogens with one attached hydrogen (secondary N) is 1. The van der Waals surface area contributed by atoms with Gasteiger partial charge >= 0.3 is 0 Å². The van der Waals surface area contributed by atoms with Crippen molar-refractivity contribution in [3.8, 4) is 5.75 Å². The summed E-state index contributed by atoms with van der Waals surface area (Å²) in [5.41, 5.74) is 3.31. The summed E-state index contributed by atoms with van der Waals surface area (Å²) in [5, 5.41) is 20.3. The number of aromatic nitrogens is 1. The number of ether oxygens (including phenoxy) is 1. The molecule has 1 heterocycles. The van der Waals surface area contributed by atoms with Crippen LogP contribution in [0.15, 0.2) is 84.0 Å². The number of anilines is 1. The van der Waals surface area contributed by atoms with E-state index in [-0.39, 0.29) is 4.90 Å². The van der Waals surface area contributed by atoms with Crippen LogP contribution in [0.2, 0.25) is 0 Å². The Labute approximate surface area is 185 Å². The van der Waals surface area contributed by atoms with Crippen LogP contribution in [0.3, 0.4) is 0 Å². The Bertz CT molecular complexity index is 1240. The second kappa shape index (κ2) is 9.50. The number of carbonyl (C=O) groups excluding carboxylic acids is 1. The lowest BCUT2D eigenvalue weighted by atomic mass is 9.98. The van der Waals surface area contributed by atoms with Crippen molar-refractivity contribution < 1.29 is 27.9 Å². The highest BCUT2D eigenvalue weighted by atomic mass is 32.2. The van der Waals surface area contributed by atoms with Crippen molar-refractivity contribution in [2.24, 2.45) is 0 Å². The number of methoxy groups -OCH3 is 1. The molecule has 0 fully saturated rings. The number of nitrogens with zero attached hydrogens (tertiary/aromatic N) is 2. The van der Waals surface area contributed by atoms with Crippen LogP contribution in [0.1, 0.15) is 11.1 Å². The van der Waals surface area contributed by atoms with Crippen LogP contribution in [0.5, 0.6) is 5.75 Å². The topological polar surface area (TPSA) is 123 Å². The highest BCUT2D eigenvalue weighted by Gasteiger charge is 2.22. The van der Waals surface area contributed by atoms with E-state index in [0.29, 0.717) is 32.9 Å². The molecule has 0 aliphatic rings. The summed E-state index contributed by atoms with van der Waals surface area (Å²) in [4.78, 5) is 11.9. The van der Waals surface area contributed by atoms with E-state index in [1.807, 2.05) is 0 Å². The van der Waals surface area contributed by atoms with Gasteiger partial charge in [0, 0.05) is 25.3 Å². The van der Waals surface area contributed by atoms with E-state index in [0.717, 1.165) is 10.4 Å². The molecular weight excluding hydrogens is 434 g/mol. The fourth-order valence-corrected chi connectivity index (χ4v) is 4.19. The molecule has 2 aromatic carbocycles. The number of rotatable bonds is 7. The molecule has 0 radical (unpaired) electrons. The number of hydroxylamine groups is 1. The predicted octanol–water partition coefficient (Wildman–Crippen LogP) is 2.09. The molecule has 0 saturated carbocycles. The predicted molar refractivity (Wildman–Crippen MR) is 117 cm³/mol. The van der Waals surface area contributed by atoms with Gasteiger partial charge in [0.2, 0.25) is 0 Å². The minimum atomic E-state index is -3.86. The Balaban J connectivity index is 2.03. The van der Waals surface area contributed by atoms with Crippen molar-refractivity contribution in [3.63, 3.8) is 0 Å². The van der Waals surface area contributed by atoms with Gasteiger partial charge in [-0.05, 0) is 53.1 Å². The Hall–Kier alpha value is -3.89. The zero-order valence-electron chi connectivity index (χ0n) is 17.3. The summed E-state index contributed by atoms with van der Waals surface area (Å²) in [6.45, 7) is 0. The van der Waals surface area contributed by atoms with Crippen molar-refractivity contribution in [1.82, 2.24) is 5.48 Å². The van der Waals surface area contributed by atoms with Crippen molar-refractivity contribution in [2.45, 2.75) is 4.90 Å². The minimum Gasteiger partial charge on any atom is -0.619 e. The van der Waals surface area contributed by atoms with Gasteiger partial charge in [-0.15, -0.1) is 0 Å². The fourth-order valence-electron chi connectivity index (χ4n) is 3.00. The van der Waals surface area contributed by atoms with Crippen LogP contribution in [0.25, 0.3) is 5.57 Å². The van der Waals surface area contributed by atoms with E-state index in [1.54, 1.807) is 41.9 Å². The SMILES string of the molecule is COc1ccc(S(=O)(=O)N(C)c2cccc(/C(=C\C(=O)NO)c3cc[n+]([O-])cc3)c2)cc1. The van der Waals surface area contributed by atoms with Gasteiger partial charge in [-0.1, -0.05) is 12.1 Å². The Morgan fingerprint density at radius 1 is 1.09 bits per heavy atom. The second-order valence-electron chi connectivity index (χ2n) is 6.68. The van der Waals surface area contributed by atoms with E-state index < -0.39 is 15.9 Å². The summed E-state index contributed by atoms with van der Waals surface area (Å²) >= 11 is 0. The number of pyridine rings is 1. The molecule has 0 aliphatic carbocycles. The van der Waals surface area contributed by atoms with Gasteiger partial charge in [-0.3, -0.25) is 14.3 Å². The van der Waals surface area contributed by atoms with Gasteiger partial charge in [-0.2, -0.15) is 4.73 Å². The maximum Gasteiger partial charge on any atom is 0.267 e. The standard InChI is InChI=1S/C22H21N3O6S/c1-24(32(29,30)20-8-6-19(31-2)7-9-20)18-5-3-4-17(14-18)21(15-22(26)23-27)16-10-12-25(28)13-11-16/h3-15,27H,1-2H3,(H,23,26)/b21-15-. The maximum atomic E-state index is 13.1. The fraction of sp³-hybridized carbons (Fsp3) is 0.0909. The van der Waals surface area contributed by atoms with Crippen LogP contribution >= 0.6 is 0 Å². The largest absolute Gasteiger partial charge is 0.619 e. The third-order valence-electron chi connectivity index (χ3n) is 4.74. The van der Waals surface area contributed by atoms with Crippen LogP contribution < -0.4 is 19.3 Å². The first-order valence-electron chi connectivity index (χ1n) is 9.34. The number of sulfonamides is 1. The number of hydrogen-bond acceptors (Lipinski definition) is 6. The molecule has 0 spiro atoms. The summed E-state index contributed by atoms with van der Waals surface area (Å²) in [7, 11) is -0.948. The van der Waals surface area contributed by atoms with Crippen molar-refractivity contribution in [3.05, 3.63) is 95.5 Å². The van der Waals surface area contributed by atoms with Gasteiger partial charge in [0.05, 0.1) is 17.7 Å². The first kappa shape index (κ1) is 22.8. The number of amides is 1. The van der Waals surface area contributed by atoms with Crippen LogP contribution in [0, 0.1) is 5.21 Å². The summed E-state index contributed by atoms with van der Waals surface area (Å²) in [6, 6.07) is 15.6. The lowest BCUT2D eigenvalue weighted by Gasteiger charge is -2.21. The van der Waals surface area contributed by atoms with Gasteiger partial charge < -0.3 is 9.94 Å². The lowest BCUT2D eigenvalue weighted by Crippen LogP contribution is -2.26. The zero-order chi connectivity index (χ0) is 23.3. The normalized spacial score (nSPS) is 11.7. The number of benzene rings is 2. The van der Waals surface area contributed by atoms with E-state index in [1.165, 1.54) is 50.8 Å². The molecule has 0 atom stereocenters. The van der Waals surface area contributed by atoms with Crippen LogP contribution in [-0.4, -0.2) is 33.7 Å². The van der Waals surface area contributed by atoms with Gasteiger partial charge in [-0.25, -0.2) is 13.9 Å². The molecule has 32 heavy (non-hydrogen) atoms. The smallest absolute Gasteiger partial charge is 0.267 e. The molecule has 10 heteroatoms. The highest BCUT2D eigenvalue weighted by Crippen LogP contribution is 2.29. The minimum absolute atomic E-state index is 0.0877. The third-order valence-corrected chi connectivity index (χ3v) is 6.54. The van der Waals surface area contributed by atoms with Gasteiger partial charge in [0.1, 0.15) is 5.75 Å². The zero-order valence-corrected chi connectivity index (χ0v) is 18.1. The first-order valence-corrected chi connectivity index (χ1v) is 10.8. The summed E-state index contributed by atoms with van der Waals surface area (Å²) in [6.07, 6.45) is 3.69. The van der Waals surface area contributed by atoms with Crippen LogP contribution in [-0.2, 0) is 14.8 Å². The average Bonchev–Trinajstić information content (AvgIpc) is 2.82. The molecular formula is C22H21N3O6S. The molecule has 3 rings (SSSR count). The van der Waals surface area contributed by atoms with Gasteiger partial charge in [0.15, 0.2) is 12.4 Å². The molecule has 0 bridgehead atoms. The number of carbonyl (C=O) groups is 1. The molecule has 9 nitrogen and oxygen atoms in total. The Morgan fingerprint density at radius 3 is 2.34 bits per heavy atom. The lowest BCUT2D eigenvalue weighted by molar-refractivity contribution is -0.605. The average molecular weight is 455 g/mol. The molecule has 1 amide bonds. The highest BCUT2D eigenvalue weighted by molar-refractivity contribution is 7.92. The molecule has 0 aliphatic heterocycles. The Morgan fingerprint density at radius 2 is 1.75 bits per heavy atom. The molecule has 3 aromatic rings. The van der Waals surface area contributed by atoms with E-state index >= 15 is 0 Å². The monoisotopic (exact) mass is 455 g/mol. The van der Waals surface area contributed by atoms with E-state index in [4.69, 9.17) is 9.94 Å². The molecule has 0 unspecified atom stereocenters. The van der Waals surface area contributed by atoms with Crippen LogP contribution in [0.4, 0.5) is 5.69 Å². The summed E-state index contributed by atoms with van der Waals surface area (Å²) in [5.74, 6) is -0.240. The Kier molecular flexibility index (Phi) is 6.76. The van der Waals surface area contributed by atoms with Crippen molar-refractivity contribution in [1.29, 1.82) is 0 Å².